The van der Waals surface area contributed by atoms with E-state index in [1.807, 2.05) is 19.0 Å². The second-order valence-corrected chi connectivity index (χ2v) is 6.62. The van der Waals surface area contributed by atoms with Crippen molar-refractivity contribution in [3.8, 4) is 0 Å². The first-order valence-corrected chi connectivity index (χ1v) is 8.34. The van der Waals surface area contributed by atoms with Crippen molar-refractivity contribution in [1.82, 2.24) is 19.6 Å². The number of carboxylic acids is 1. The molecule has 0 aromatic carbocycles. The molecule has 132 valence electrons. The average Bonchev–Trinajstić information content (AvgIpc) is 3.19. The molecule has 1 amide bonds. The van der Waals surface area contributed by atoms with Crippen LogP contribution in [0.2, 0.25) is 0 Å². The molecule has 1 fully saturated rings. The number of carbonyl (C=O) groups is 2. The summed E-state index contributed by atoms with van der Waals surface area (Å²) < 4.78 is 7.25. The Balaban J connectivity index is 1.81. The Morgan fingerprint density at radius 3 is 2.83 bits per heavy atom. The van der Waals surface area contributed by atoms with Crippen molar-refractivity contribution in [2.75, 3.05) is 33.8 Å². The number of carboxylic acid groups (broad SMARTS) is 1. The molecule has 24 heavy (non-hydrogen) atoms. The molecular weight excluding hydrogens is 312 g/mol. The number of aromatic carboxylic acids is 1. The summed E-state index contributed by atoms with van der Waals surface area (Å²) in [5.41, 5.74) is 1.66. The summed E-state index contributed by atoms with van der Waals surface area (Å²) in [7, 11) is 3.94. The van der Waals surface area contributed by atoms with E-state index < -0.39 is 5.97 Å². The first-order valence-electron chi connectivity index (χ1n) is 8.34. The summed E-state index contributed by atoms with van der Waals surface area (Å²) in [6.07, 6.45) is 1.90. The predicted molar refractivity (Wildman–Crippen MR) is 85.8 cm³/mol. The van der Waals surface area contributed by atoms with Crippen LogP contribution in [0.3, 0.4) is 0 Å². The number of hydrogen-bond donors (Lipinski definition) is 1. The van der Waals surface area contributed by atoms with E-state index in [4.69, 9.17) is 4.74 Å². The Labute approximate surface area is 141 Å². The average molecular weight is 336 g/mol. The van der Waals surface area contributed by atoms with Crippen molar-refractivity contribution < 1.29 is 19.4 Å². The molecule has 1 aromatic heterocycles. The van der Waals surface area contributed by atoms with Crippen LogP contribution >= 0.6 is 0 Å². The molecule has 0 saturated carbocycles. The molecule has 8 nitrogen and oxygen atoms in total. The van der Waals surface area contributed by atoms with Gasteiger partial charge in [0.15, 0.2) is 5.69 Å². The van der Waals surface area contributed by atoms with E-state index in [0.29, 0.717) is 38.2 Å². The summed E-state index contributed by atoms with van der Waals surface area (Å²) in [6.45, 7) is 2.93. The number of likely N-dealkylation sites (N-methyl/N-ethyl adjacent to an activating group) is 1. The van der Waals surface area contributed by atoms with Crippen molar-refractivity contribution in [3.05, 3.63) is 17.0 Å². The van der Waals surface area contributed by atoms with Gasteiger partial charge in [0.05, 0.1) is 6.54 Å². The molecule has 1 saturated heterocycles. The molecule has 0 bridgehead atoms. The van der Waals surface area contributed by atoms with Gasteiger partial charge in [-0.15, -0.1) is 0 Å². The molecule has 1 atom stereocenters. The molecule has 3 heterocycles. The zero-order chi connectivity index (χ0) is 17.3. The van der Waals surface area contributed by atoms with Gasteiger partial charge < -0.3 is 19.6 Å². The summed E-state index contributed by atoms with van der Waals surface area (Å²) in [5, 5.41) is 13.7. The maximum atomic E-state index is 12.5. The maximum Gasteiger partial charge on any atom is 0.356 e. The number of hydrogen-bond acceptors (Lipinski definition) is 5. The Bertz CT molecular complexity index is 634. The Hall–Kier alpha value is -1.93. The van der Waals surface area contributed by atoms with Gasteiger partial charge in [0.25, 0.3) is 5.91 Å². The molecule has 1 aromatic rings. The zero-order valence-corrected chi connectivity index (χ0v) is 14.2. The normalized spacial score (nSPS) is 20.5. The second-order valence-electron chi connectivity index (χ2n) is 6.62. The number of nitrogens with zero attached hydrogens (tertiary/aromatic N) is 4. The lowest BCUT2D eigenvalue weighted by Crippen LogP contribution is -2.42. The van der Waals surface area contributed by atoms with Gasteiger partial charge in [0.1, 0.15) is 6.10 Å². The number of carbonyl (C=O) groups excluding carboxylic acids is 1. The van der Waals surface area contributed by atoms with E-state index in [1.165, 1.54) is 0 Å². The minimum atomic E-state index is -1.04. The summed E-state index contributed by atoms with van der Waals surface area (Å²) in [4.78, 5) is 27.8. The largest absolute Gasteiger partial charge is 0.476 e. The van der Waals surface area contributed by atoms with Crippen molar-refractivity contribution in [3.63, 3.8) is 0 Å². The van der Waals surface area contributed by atoms with Crippen molar-refractivity contribution in [1.29, 1.82) is 0 Å². The third-order valence-corrected chi connectivity index (χ3v) is 4.61. The van der Waals surface area contributed by atoms with E-state index in [9.17, 15) is 14.7 Å². The number of amides is 1. The van der Waals surface area contributed by atoms with Crippen LogP contribution in [-0.2, 0) is 29.0 Å². The van der Waals surface area contributed by atoms with Gasteiger partial charge in [0.2, 0.25) is 0 Å². The fourth-order valence-electron chi connectivity index (χ4n) is 3.31. The van der Waals surface area contributed by atoms with E-state index >= 15 is 0 Å². The fourth-order valence-corrected chi connectivity index (χ4v) is 3.31. The molecule has 2 aliphatic heterocycles. The molecular formula is C16H24N4O4. The monoisotopic (exact) mass is 336 g/mol. The van der Waals surface area contributed by atoms with Crippen LogP contribution in [0.4, 0.5) is 0 Å². The number of fused-ring (bicyclic) bond motifs is 1. The second kappa shape index (κ2) is 6.90. The topological polar surface area (TPSA) is 87.9 Å². The van der Waals surface area contributed by atoms with E-state index in [2.05, 4.69) is 5.10 Å². The van der Waals surface area contributed by atoms with Crippen molar-refractivity contribution in [2.24, 2.45) is 0 Å². The molecule has 3 rings (SSSR count). The minimum Gasteiger partial charge on any atom is -0.476 e. The van der Waals surface area contributed by atoms with Gasteiger partial charge in [-0.2, -0.15) is 5.10 Å². The number of rotatable bonds is 5. The van der Waals surface area contributed by atoms with Gasteiger partial charge in [-0.25, -0.2) is 4.79 Å². The molecule has 0 radical (unpaired) electrons. The molecule has 1 N–H and O–H groups in total. The van der Waals surface area contributed by atoms with E-state index in [-0.39, 0.29) is 17.7 Å². The van der Waals surface area contributed by atoms with Crippen LogP contribution in [0.5, 0.6) is 0 Å². The van der Waals surface area contributed by atoms with Gasteiger partial charge >= 0.3 is 5.97 Å². The summed E-state index contributed by atoms with van der Waals surface area (Å²) in [5.74, 6) is -1.07. The van der Waals surface area contributed by atoms with E-state index in [1.54, 1.807) is 9.58 Å². The Kier molecular flexibility index (Phi) is 4.86. The van der Waals surface area contributed by atoms with Gasteiger partial charge in [-0.1, -0.05) is 0 Å². The quantitative estimate of drug-likeness (QED) is 0.827. The van der Waals surface area contributed by atoms with Crippen LogP contribution in [0.15, 0.2) is 0 Å². The van der Waals surface area contributed by atoms with Gasteiger partial charge in [-0.05, 0) is 26.9 Å². The fraction of sp³-hybridized carbons (Fsp3) is 0.688. The first kappa shape index (κ1) is 16.9. The van der Waals surface area contributed by atoms with Crippen LogP contribution in [0.1, 0.15) is 34.6 Å². The highest BCUT2D eigenvalue weighted by Gasteiger charge is 2.34. The number of ether oxygens (including phenoxy) is 1. The van der Waals surface area contributed by atoms with Gasteiger partial charge in [-0.3, -0.25) is 9.48 Å². The highest BCUT2D eigenvalue weighted by atomic mass is 16.5. The highest BCUT2D eigenvalue weighted by Crippen LogP contribution is 2.25. The lowest BCUT2D eigenvalue weighted by Gasteiger charge is -2.29. The van der Waals surface area contributed by atoms with Gasteiger partial charge in [0, 0.05) is 43.9 Å². The molecule has 2 aliphatic rings. The summed E-state index contributed by atoms with van der Waals surface area (Å²) >= 11 is 0. The molecule has 1 unspecified atom stereocenters. The lowest BCUT2D eigenvalue weighted by atomic mass is 10.0. The third kappa shape index (κ3) is 3.29. The molecule has 0 spiro atoms. The smallest absolute Gasteiger partial charge is 0.356 e. The number of aromatic nitrogens is 2. The van der Waals surface area contributed by atoms with Crippen LogP contribution in [0, 0.1) is 0 Å². The minimum absolute atomic E-state index is 0.0319. The molecule has 8 heteroatoms. The maximum absolute atomic E-state index is 12.5. The van der Waals surface area contributed by atoms with Crippen molar-refractivity contribution in [2.45, 2.75) is 38.5 Å². The van der Waals surface area contributed by atoms with Crippen LogP contribution < -0.4 is 0 Å². The van der Waals surface area contributed by atoms with Crippen LogP contribution in [-0.4, -0.2) is 76.5 Å². The summed E-state index contributed by atoms with van der Waals surface area (Å²) in [6, 6.07) is 0. The third-order valence-electron chi connectivity index (χ3n) is 4.61. The predicted octanol–water partition coefficient (Wildman–Crippen LogP) is 0.207. The Morgan fingerprint density at radius 2 is 2.21 bits per heavy atom. The first-order chi connectivity index (χ1) is 11.5. The Morgan fingerprint density at radius 1 is 1.42 bits per heavy atom. The van der Waals surface area contributed by atoms with E-state index in [0.717, 1.165) is 25.1 Å². The van der Waals surface area contributed by atoms with Crippen molar-refractivity contribution >= 4 is 11.9 Å². The standard InChI is InChI=1S/C16H24N4O4/c1-18(2)7-8-20-12-5-6-19(15(21)13-4-3-9-24-13)10-11(12)14(17-20)16(22)23/h13H,3-10H2,1-2H3,(H,22,23). The highest BCUT2D eigenvalue weighted by molar-refractivity contribution is 5.88. The van der Waals surface area contributed by atoms with Crippen LogP contribution in [0.25, 0.3) is 0 Å². The SMILES string of the molecule is CN(C)CCn1nc(C(=O)O)c2c1CCN(C(=O)C1CCCO1)C2. The molecule has 0 aliphatic carbocycles. The zero-order valence-electron chi connectivity index (χ0n) is 14.2. The lowest BCUT2D eigenvalue weighted by molar-refractivity contribution is -0.141.